The Labute approximate surface area is 110 Å². The second kappa shape index (κ2) is 4.78. The molecule has 8 heteroatoms. The summed E-state index contributed by atoms with van der Waals surface area (Å²) in [6.45, 7) is 5.37. The van der Waals surface area contributed by atoms with Gasteiger partial charge in [0.2, 0.25) is 0 Å². The average Bonchev–Trinajstić information content (AvgIpc) is 2.94. The molecule has 0 spiro atoms. The van der Waals surface area contributed by atoms with E-state index in [1.807, 2.05) is 19.1 Å². The van der Waals surface area contributed by atoms with E-state index in [9.17, 15) is 0 Å². The molecule has 0 aliphatic carbocycles. The zero-order chi connectivity index (χ0) is 13.2. The monoisotopic (exact) mass is 258 g/mol. The van der Waals surface area contributed by atoms with Crippen LogP contribution in [-0.2, 0) is 0 Å². The van der Waals surface area contributed by atoms with Crippen LogP contribution in [0.3, 0.4) is 0 Å². The Morgan fingerprint density at radius 2 is 2.05 bits per heavy atom. The largest absolute Gasteiger partial charge is 0.353 e. The van der Waals surface area contributed by atoms with E-state index in [1.54, 1.807) is 0 Å². The Morgan fingerprint density at radius 3 is 2.79 bits per heavy atom. The quantitative estimate of drug-likeness (QED) is 0.721. The van der Waals surface area contributed by atoms with Gasteiger partial charge in [-0.25, -0.2) is 0 Å². The van der Waals surface area contributed by atoms with Crippen LogP contribution >= 0.6 is 0 Å². The van der Waals surface area contributed by atoms with Gasteiger partial charge in [0, 0.05) is 26.2 Å². The van der Waals surface area contributed by atoms with Gasteiger partial charge in [-0.05, 0) is 29.5 Å². The molecule has 1 aliphatic rings. The summed E-state index contributed by atoms with van der Waals surface area (Å²) in [5, 5.41) is 24.5. The maximum Gasteiger partial charge on any atom is 0.200 e. The van der Waals surface area contributed by atoms with Gasteiger partial charge in [-0.3, -0.25) is 4.90 Å². The third-order valence-corrected chi connectivity index (χ3v) is 3.43. The Hall–Kier alpha value is -2.27. The van der Waals surface area contributed by atoms with Crippen molar-refractivity contribution < 1.29 is 0 Å². The van der Waals surface area contributed by atoms with Crippen molar-refractivity contribution in [3.05, 3.63) is 12.1 Å². The molecule has 0 bridgehead atoms. The van der Waals surface area contributed by atoms with Gasteiger partial charge >= 0.3 is 0 Å². The van der Waals surface area contributed by atoms with Crippen LogP contribution in [0, 0.1) is 11.3 Å². The predicted molar refractivity (Wildman–Crippen MR) is 67.4 cm³/mol. The molecule has 3 rings (SSSR count). The molecule has 1 aliphatic heterocycles. The fraction of sp³-hybridized carbons (Fsp3) is 0.545. The number of aromatic nitrogens is 5. The highest BCUT2D eigenvalue weighted by atomic mass is 15.6. The van der Waals surface area contributed by atoms with Gasteiger partial charge < -0.3 is 4.90 Å². The average molecular weight is 258 g/mol. The first kappa shape index (κ1) is 11.8. The number of piperazine rings is 1. The molecule has 0 N–H and O–H groups in total. The van der Waals surface area contributed by atoms with Gasteiger partial charge in [-0.1, -0.05) is 0 Å². The third-order valence-electron chi connectivity index (χ3n) is 3.43. The van der Waals surface area contributed by atoms with E-state index >= 15 is 0 Å². The normalized spacial score (nSPS) is 18.4. The van der Waals surface area contributed by atoms with Crippen LogP contribution in [0.5, 0.6) is 0 Å². The molecular weight excluding hydrogens is 244 g/mol. The number of anilines is 1. The van der Waals surface area contributed by atoms with E-state index in [2.05, 4.69) is 36.5 Å². The fourth-order valence-corrected chi connectivity index (χ4v) is 2.23. The highest BCUT2D eigenvalue weighted by Crippen LogP contribution is 2.14. The maximum absolute atomic E-state index is 8.92. The van der Waals surface area contributed by atoms with Crippen LogP contribution in [0.1, 0.15) is 6.92 Å². The van der Waals surface area contributed by atoms with E-state index in [0.717, 1.165) is 32.0 Å². The van der Waals surface area contributed by atoms with Gasteiger partial charge in [0.1, 0.15) is 0 Å². The minimum absolute atomic E-state index is 0.0305. The highest BCUT2D eigenvalue weighted by molar-refractivity contribution is 5.44. The summed E-state index contributed by atoms with van der Waals surface area (Å²) in [7, 11) is 0. The summed E-state index contributed by atoms with van der Waals surface area (Å²) < 4.78 is 1.43. The van der Waals surface area contributed by atoms with Gasteiger partial charge in [0.25, 0.3) is 0 Å². The Balaban J connectivity index is 1.72. The van der Waals surface area contributed by atoms with Crippen LogP contribution in [0.25, 0.3) is 5.65 Å². The molecule has 0 amide bonds. The predicted octanol–water partition coefficient (Wildman–Crippen LogP) is -0.447. The zero-order valence-corrected chi connectivity index (χ0v) is 10.6. The summed E-state index contributed by atoms with van der Waals surface area (Å²) in [4.78, 5) is 4.35. The van der Waals surface area contributed by atoms with Gasteiger partial charge in [-0.15, -0.1) is 14.8 Å². The number of nitrogens with zero attached hydrogens (tertiary/aromatic N) is 8. The summed E-state index contributed by atoms with van der Waals surface area (Å²) in [6.07, 6.45) is 0. The standard InChI is InChI=1S/C11H14N8/c1-9(8-12)17-4-6-18(7-5-17)11-3-2-10-13-15-16-19(10)14-11/h2-3,9H,4-7H2,1H3. The van der Waals surface area contributed by atoms with Crippen molar-refractivity contribution in [1.82, 2.24) is 30.2 Å². The first-order chi connectivity index (χ1) is 9.28. The molecule has 2 aromatic rings. The van der Waals surface area contributed by atoms with Crippen LogP contribution in [0.15, 0.2) is 12.1 Å². The van der Waals surface area contributed by atoms with E-state index in [-0.39, 0.29) is 6.04 Å². The summed E-state index contributed by atoms with van der Waals surface area (Å²) in [5.74, 6) is 0.865. The van der Waals surface area contributed by atoms with Crippen LogP contribution < -0.4 is 4.90 Å². The van der Waals surface area contributed by atoms with Crippen LogP contribution in [0.2, 0.25) is 0 Å². The molecule has 98 valence electrons. The fourth-order valence-electron chi connectivity index (χ4n) is 2.23. The molecule has 8 nitrogen and oxygen atoms in total. The maximum atomic E-state index is 8.92. The smallest absolute Gasteiger partial charge is 0.200 e. The molecular formula is C11H14N8. The van der Waals surface area contributed by atoms with Gasteiger partial charge in [0.05, 0.1) is 12.1 Å². The molecule has 1 atom stereocenters. The molecule has 1 unspecified atom stereocenters. The van der Waals surface area contributed by atoms with Gasteiger partial charge in [0.15, 0.2) is 11.5 Å². The first-order valence-corrected chi connectivity index (χ1v) is 6.22. The van der Waals surface area contributed by atoms with E-state index in [1.165, 1.54) is 4.63 Å². The van der Waals surface area contributed by atoms with E-state index in [4.69, 9.17) is 5.26 Å². The minimum Gasteiger partial charge on any atom is -0.353 e. The number of hydrogen-bond donors (Lipinski definition) is 0. The first-order valence-electron chi connectivity index (χ1n) is 6.22. The second-order valence-electron chi connectivity index (χ2n) is 4.55. The molecule has 1 fully saturated rings. The topological polar surface area (TPSA) is 86.2 Å². The molecule has 1 saturated heterocycles. The number of fused-ring (bicyclic) bond motifs is 1. The van der Waals surface area contributed by atoms with E-state index in [0.29, 0.717) is 5.65 Å². The third kappa shape index (κ3) is 2.20. The minimum atomic E-state index is -0.0305. The number of tetrazole rings is 1. The molecule has 0 radical (unpaired) electrons. The molecule has 0 aromatic carbocycles. The van der Waals surface area contributed by atoms with Crippen molar-refractivity contribution in [1.29, 1.82) is 5.26 Å². The van der Waals surface area contributed by atoms with Crippen molar-refractivity contribution in [2.75, 3.05) is 31.1 Å². The second-order valence-corrected chi connectivity index (χ2v) is 4.55. The van der Waals surface area contributed by atoms with Crippen molar-refractivity contribution in [3.63, 3.8) is 0 Å². The summed E-state index contributed by atoms with van der Waals surface area (Å²) >= 11 is 0. The molecule has 2 aromatic heterocycles. The Morgan fingerprint density at radius 1 is 1.26 bits per heavy atom. The van der Waals surface area contributed by atoms with Crippen molar-refractivity contribution in [3.8, 4) is 6.07 Å². The molecule has 19 heavy (non-hydrogen) atoms. The molecule has 3 heterocycles. The van der Waals surface area contributed by atoms with Crippen molar-refractivity contribution in [2.45, 2.75) is 13.0 Å². The number of rotatable bonds is 2. The lowest BCUT2D eigenvalue weighted by atomic mass is 10.2. The Kier molecular flexibility index (Phi) is 2.97. The SMILES string of the molecule is CC(C#N)N1CCN(c2ccc3nnnn3n2)CC1. The Bertz CT molecular complexity index is 606. The van der Waals surface area contributed by atoms with E-state index < -0.39 is 0 Å². The lowest BCUT2D eigenvalue weighted by Gasteiger charge is -2.36. The highest BCUT2D eigenvalue weighted by Gasteiger charge is 2.21. The molecule has 0 saturated carbocycles. The van der Waals surface area contributed by atoms with Crippen LogP contribution in [0.4, 0.5) is 5.82 Å². The lowest BCUT2D eigenvalue weighted by Crippen LogP contribution is -2.49. The summed E-state index contributed by atoms with van der Waals surface area (Å²) in [6, 6.07) is 6.02. The van der Waals surface area contributed by atoms with Crippen LogP contribution in [-0.4, -0.2) is 62.4 Å². The van der Waals surface area contributed by atoms with Crippen molar-refractivity contribution in [2.24, 2.45) is 0 Å². The van der Waals surface area contributed by atoms with Crippen molar-refractivity contribution >= 4 is 11.5 Å². The van der Waals surface area contributed by atoms with Gasteiger partial charge in [-0.2, -0.15) is 5.26 Å². The lowest BCUT2D eigenvalue weighted by molar-refractivity contribution is 0.231. The summed E-state index contributed by atoms with van der Waals surface area (Å²) in [5.41, 5.74) is 0.639. The zero-order valence-electron chi connectivity index (χ0n) is 10.6. The number of hydrogen-bond acceptors (Lipinski definition) is 7. The number of nitriles is 1.